The lowest BCUT2D eigenvalue weighted by Crippen LogP contribution is -2.46. The molecule has 0 spiro atoms. The zero-order valence-corrected chi connectivity index (χ0v) is 12.8. The Hall–Kier alpha value is -1.39. The summed E-state index contributed by atoms with van der Waals surface area (Å²) >= 11 is 0. The first kappa shape index (κ1) is 16.0. The van der Waals surface area contributed by atoms with E-state index in [9.17, 15) is 4.79 Å². The van der Waals surface area contributed by atoms with Crippen LogP contribution in [0.3, 0.4) is 0 Å². The Labute approximate surface area is 127 Å². The van der Waals surface area contributed by atoms with Gasteiger partial charge in [-0.3, -0.25) is 4.79 Å². The highest BCUT2D eigenvalue weighted by Gasteiger charge is 2.28. The SMILES string of the molecule is CC(OCC1(N)CCCCCC1)C(=O)Nc1ccccc1. The van der Waals surface area contributed by atoms with Gasteiger partial charge in [0.05, 0.1) is 6.61 Å². The number of para-hydroxylation sites is 1. The molecule has 0 aromatic heterocycles. The molecular weight excluding hydrogens is 264 g/mol. The number of hydrogen-bond acceptors (Lipinski definition) is 3. The van der Waals surface area contributed by atoms with Crippen molar-refractivity contribution in [3.63, 3.8) is 0 Å². The molecule has 0 saturated heterocycles. The smallest absolute Gasteiger partial charge is 0.253 e. The number of nitrogens with two attached hydrogens (primary N) is 1. The Kier molecular flexibility index (Phi) is 5.76. The number of anilines is 1. The summed E-state index contributed by atoms with van der Waals surface area (Å²) in [5.41, 5.74) is 6.92. The fraction of sp³-hybridized carbons (Fsp3) is 0.588. The summed E-state index contributed by atoms with van der Waals surface area (Å²) in [6, 6.07) is 9.42. The van der Waals surface area contributed by atoms with E-state index in [1.807, 2.05) is 30.3 Å². The van der Waals surface area contributed by atoms with E-state index < -0.39 is 6.10 Å². The van der Waals surface area contributed by atoms with Crippen LogP contribution >= 0.6 is 0 Å². The third kappa shape index (κ3) is 5.14. The van der Waals surface area contributed by atoms with Gasteiger partial charge < -0.3 is 15.8 Å². The monoisotopic (exact) mass is 290 g/mol. The predicted octanol–water partition coefficient (Wildman–Crippen LogP) is 3.08. The van der Waals surface area contributed by atoms with Gasteiger partial charge in [0.1, 0.15) is 6.10 Å². The zero-order valence-electron chi connectivity index (χ0n) is 12.8. The van der Waals surface area contributed by atoms with Crippen molar-refractivity contribution in [3.05, 3.63) is 30.3 Å². The highest BCUT2D eigenvalue weighted by atomic mass is 16.5. The first-order valence-corrected chi connectivity index (χ1v) is 7.85. The van der Waals surface area contributed by atoms with Crippen molar-refractivity contribution in [1.82, 2.24) is 0 Å². The second kappa shape index (κ2) is 7.57. The summed E-state index contributed by atoms with van der Waals surface area (Å²) in [7, 11) is 0. The molecule has 21 heavy (non-hydrogen) atoms. The number of rotatable bonds is 5. The maximum absolute atomic E-state index is 12.1. The average Bonchev–Trinajstić information content (AvgIpc) is 2.71. The molecule has 1 aliphatic rings. The lowest BCUT2D eigenvalue weighted by molar-refractivity contribution is -0.127. The normalized spacial score (nSPS) is 19.5. The van der Waals surface area contributed by atoms with Crippen LogP contribution in [0.2, 0.25) is 0 Å². The molecule has 1 aromatic carbocycles. The molecule has 0 aliphatic heterocycles. The van der Waals surface area contributed by atoms with Gasteiger partial charge in [0.15, 0.2) is 0 Å². The minimum atomic E-state index is -0.492. The van der Waals surface area contributed by atoms with E-state index in [4.69, 9.17) is 10.5 Å². The minimum Gasteiger partial charge on any atom is -0.367 e. The van der Waals surface area contributed by atoms with Crippen LogP contribution in [0.4, 0.5) is 5.69 Å². The molecular formula is C17H26N2O2. The third-order valence-electron chi connectivity index (χ3n) is 4.13. The molecule has 1 unspecified atom stereocenters. The zero-order chi connectivity index (χ0) is 15.1. The maximum Gasteiger partial charge on any atom is 0.253 e. The standard InChI is InChI=1S/C17H26N2O2/c1-14(16(20)19-15-9-5-4-6-10-15)21-13-17(18)11-7-2-3-8-12-17/h4-6,9-10,14H,2-3,7-8,11-13,18H2,1H3,(H,19,20). The number of benzene rings is 1. The molecule has 1 fully saturated rings. The summed E-state index contributed by atoms with van der Waals surface area (Å²) in [5.74, 6) is -0.126. The van der Waals surface area contributed by atoms with E-state index in [0.29, 0.717) is 6.61 Å². The van der Waals surface area contributed by atoms with Crippen LogP contribution in [0.25, 0.3) is 0 Å². The largest absolute Gasteiger partial charge is 0.367 e. The average molecular weight is 290 g/mol. The lowest BCUT2D eigenvalue weighted by atomic mass is 9.92. The molecule has 1 saturated carbocycles. The second-order valence-electron chi connectivity index (χ2n) is 6.09. The Morgan fingerprint density at radius 1 is 1.24 bits per heavy atom. The van der Waals surface area contributed by atoms with Crippen LogP contribution in [0.1, 0.15) is 45.4 Å². The van der Waals surface area contributed by atoms with Gasteiger partial charge in [-0.1, -0.05) is 43.9 Å². The van der Waals surface area contributed by atoms with Crippen molar-refractivity contribution < 1.29 is 9.53 Å². The fourth-order valence-corrected chi connectivity index (χ4v) is 2.71. The molecule has 4 nitrogen and oxygen atoms in total. The topological polar surface area (TPSA) is 64.3 Å². The minimum absolute atomic E-state index is 0.126. The molecule has 1 atom stereocenters. The van der Waals surface area contributed by atoms with Gasteiger partial charge >= 0.3 is 0 Å². The van der Waals surface area contributed by atoms with Crippen LogP contribution in [0.5, 0.6) is 0 Å². The maximum atomic E-state index is 12.1. The number of carbonyl (C=O) groups excluding carboxylic acids is 1. The molecule has 1 aliphatic carbocycles. The summed E-state index contributed by atoms with van der Waals surface area (Å²) in [5, 5.41) is 2.85. The Bertz CT molecular complexity index is 439. The number of amides is 1. The van der Waals surface area contributed by atoms with Crippen molar-refractivity contribution in [2.24, 2.45) is 5.73 Å². The molecule has 0 radical (unpaired) electrons. The summed E-state index contributed by atoms with van der Waals surface area (Å²) < 4.78 is 5.74. The molecule has 4 heteroatoms. The number of ether oxygens (including phenoxy) is 1. The van der Waals surface area contributed by atoms with Crippen molar-refractivity contribution in [2.75, 3.05) is 11.9 Å². The van der Waals surface area contributed by atoms with Crippen LogP contribution in [-0.4, -0.2) is 24.2 Å². The van der Waals surface area contributed by atoms with Crippen molar-refractivity contribution in [2.45, 2.75) is 57.1 Å². The van der Waals surface area contributed by atoms with Crippen molar-refractivity contribution in [1.29, 1.82) is 0 Å². The van der Waals surface area contributed by atoms with Gasteiger partial charge in [-0.2, -0.15) is 0 Å². The van der Waals surface area contributed by atoms with Gasteiger partial charge in [0.2, 0.25) is 0 Å². The van der Waals surface area contributed by atoms with E-state index in [1.165, 1.54) is 12.8 Å². The van der Waals surface area contributed by atoms with Crippen LogP contribution < -0.4 is 11.1 Å². The summed E-state index contributed by atoms with van der Waals surface area (Å²) in [6.07, 6.45) is 6.30. The van der Waals surface area contributed by atoms with Gasteiger partial charge in [-0.25, -0.2) is 0 Å². The molecule has 2 rings (SSSR count). The first-order chi connectivity index (χ1) is 10.1. The predicted molar refractivity (Wildman–Crippen MR) is 85.1 cm³/mol. The van der Waals surface area contributed by atoms with Gasteiger partial charge in [0, 0.05) is 11.2 Å². The van der Waals surface area contributed by atoms with E-state index in [2.05, 4.69) is 5.32 Å². The van der Waals surface area contributed by atoms with Gasteiger partial charge in [-0.15, -0.1) is 0 Å². The van der Waals surface area contributed by atoms with Gasteiger partial charge in [0.25, 0.3) is 5.91 Å². The third-order valence-corrected chi connectivity index (χ3v) is 4.13. The molecule has 3 N–H and O–H groups in total. The molecule has 0 heterocycles. The molecule has 116 valence electrons. The Morgan fingerprint density at radius 2 is 1.86 bits per heavy atom. The van der Waals surface area contributed by atoms with Crippen LogP contribution in [0, 0.1) is 0 Å². The summed E-state index contributed by atoms with van der Waals surface area (Å²) in [4.78, 5) is 12.1. The lowest BCUT2D eigenvalue weighted by Gasteiger charge is -2.29. The molecule has 0 bridgehead atoms. The van der Waals surface area contributed by atoms with Gasteiger partial charge in [-0.05, 0) is 31.9 Å². The number of nitrogens with one attached hydrogen (secondary N) is 1. The number of hydrogen-bond donors (Lipinski definition) is 2. The first-order valence-electron chi connectivity index (χ1n) is 7.85. The molecule has 1 aromatic rings. The van der Waals surface area contributed by atoms with E-state index in [-0.39, 0.29) is 11.4 Å². The summed E-state index contributed by atoms with van der Waals surface area (Å²) in [6.45, 7) is 2.23. The van der Waals surface area contributed by atoms with E-state index >= 15 is 0 Å². The Morgan fingerprint density at radius 3 is 2.48 bits per heavy atom. The van der Waals surface area contributed by atoms with E-state index in [0.717, 1.165) is 31.4 Å². The highest BCUT2D eigenvalue weighted by molar-refractivity contribution is 5.93. The van der Waals surface area contributed by atoms with E-state index in [1.54, 1.807) is 6.92 Å². The van der Waals surface area contributed by atoms with Crippen LogP contribution in [-0.2, 0) is 9.53 Å². The molecule has 1 amide bonds. The fourth-order valence-electron chi connectivity index (χ4n) is 2.71. The highest BCUT2D eigenvalue weighted by Crippen LogP contribution is 2.25. The quantitative estimate of drug-likeness (QED) is 0.819. The van der Waals surface area contributed by atoms with Crippen LogP contribution in [0.15, 0.2) is 30.3 Å². The number of carbonyl (C=O) groups is 1. The van der Waals surface area contributed by atoms with Crippen molar-refractivity contribution in [3.8, 4) is 0 Å². The van der Waals surface area contributed by atoms with Crippen molar-refractivity contribution >= 4 is 11.6 Å². The second-order valence-corrected chi connectivity index (χ2v) is 6.09. The Balaban J connectivity index is 1.80.